The third kappa shape index (κ3) is 1.81. The highest BCUT2D eigenvalue weighted by molar-refractivity contribution is 6.08. The average Bonchev–Trinajstić information content (AvgIpc) is 2.61. The van der Waals surface area contributed by atoms with Crippen molar-refractivity contribution < 1.29 is 14.6 Å². The molecule has 2 aliphatic rings. The van der Waals surface area contributed by atoms with Crippen LogP contribution in [0.5, 0.6) is 5.75 Å². The predicted molar refractivity (Wildman–Crippen MR) is 63.3 cm³/mol. The molecule has 0 spiro atoms. The zero-order valence-electron chi connectivity index (χ0n) is 9.88. The van der Waals surface area contributed by atoms with Crippen LogP contribution in [0.25, 0.3) is 16.1 Å². The van der Waals surface area contributed by atoms with Crippen LogP contribution in [0.4, 0.5) is 5.69 Å². The molecule has 0 amide bonds. The number of carbonyl (C=O) groups excluding carboxylic acids is 1. The van der Waals surface area contributed by atoms with Crippen LogP contribution in [-0.2, 0) is 4.74 Å². The quantitative estimate of drug-likeness (QED) is 0.571. The number of rotatable bonds is 1. The van der Waals surface area contributed by atoms with Crippen LogP contribution in [0.1, 0.15) is 15.9 Å². The highest BCUT2D eigenvalue weighted by Crippen LogP contribution is 2.42. The lowest BCUT2D eigenvalue weighted by molar-refractivity contribution is -0.268. The number of hydrogen-bond acceptors (Lipinski definition) is 5. The van der Waals surface area contributed by atoms with Gasteiger partial charge in [-0.1, -0.05) is 24.3 Å². The second-order valence-electron chi connectivity index (χ2n) is 3.70. The first-order valence-corrected chi connectivity index (χ1v) is 5.24. The standard InChI is InChI=1S/C13H7N3O3/c1-19-13(18)11-9-5-3-7(17)2-4-8(9)10(6-14)12(11)16-15/h2-5H,1H3. The van der Waals surface area contributed by atoms with Gasteiger partial charge >= 0.3 is 11.7 Å². The van der Waals surface area contributed by atoms with Gasteiger partial charge in [-0.2, -0.15) is 5.26 Å². The first kappa shape index (κ1) is 12.3. The van der Waals surface area contributed by atoms with E-state index >= 15 is 0 Å². The van der Waals surface area contributed by atoms with Crippen LogP contribution < -0.4 is 5.11 Å². The lowest BCUT2D eigenvalue weighted by Crippen LogP contribution is -2.00. The third-order valence-electron chi connectivity index (χ3n) is 2.73. The zero-order chi connectivity index (χ0) is 14.0. The highest BCUT2D eigenvalue weighted by Gasteiger charge is 2.36. The molecule has 19 heavy (non-hydrogen) atoms. The summed E-state index contributed by atoms with van der Waals surface area (Å²) in [5.74, 6) is -1.00. The van der Waals surface area contributed by atoms with Gasteiger partial charge in [-0.25, -0.2) is 4.79 Å². The Labute approximate surface area is 108 Å². The van der Waals surface area contributed by atoms with E-state index in [0.717, 1.165) is 0 Å². The summed E-state index contributed by atoms with van der Waals surface area (Å²) in [6.07, 6.45) is 0. The molecule has 0 aromatic rings. The summed E-state index contributed by atoms with van der Waals surface area (Å²) in [4.78, 5) is 14.7. The second kappa shape index (κ2) is 4.63. The Bertz CT molecular complexity index is 725. The van der Waals surface area contributed by atoms with E-state index in [9.17, 15) is 9.90 Å². The van der Waals surface area contributed by atoms with Gasteiger partial charge in [0.25, 0.3) is 0 Å². The number of ether oxygens (including phenoxy) is 1. The molecule has 0 fully saturated rings. The van der Waals surface area contributed by atoms with E-state index in [-0.39, 0.29) is 22.6 Å². The van der Waals surface area contributed by atoms with E-state index < -0.39 is 5.97 Å². The largest absolute Gasteiger partial charge is 0.872 e. The van der Waals surface area contributed by atoms with Gasteiger partial charge in [-0.3, -0.25) is 0 Å². The summed E-state index contributed by atoms with van der Waals surface area (Å²) in [5.41, 5.74) is 0.528. The number of carbonyl (C=O) groups is 1. The smallest absolute Gasteiger partial charge is 0.418 e. The Kier molecular flexibility index (Phi) is 3.01. The summed E-state index contributed by atoms with van der Waals surface area (Å²) in [6, 6.07) is 7.21. The molecule has 0 saturated carbocycles. The van der Waals surface area contributed by atoms with Crippen molar-refractivity contribution in [2.24, 2.45) is 0 Å². The van der Waals surface area contributed by atoms with Crippen LogP contribution in [0.3, 0.4) is 0 Å². The number of nitriles is 1. The minimum Gasteiger partial charge on any atom is -0.872 e. The molecule has 6 nitrogen and oxygen atoms in total. The molecule has 0 saturated heterocycles. The van der Waals surface area contributed by atoms with E-state index in [1.165, 1.54) is 31.4 Å². The first-order valence-electron chi connectivity index (χ1n) is 5.24. The molecule has 0 unspecified atom stereocenters. The summed E-state index contributed by atoms with van der Waals surface area (Å²) in [6.45, 7) is 0. The summed E-state index contributed by atoms with van der Waals surface area (Å²) in [5, 5.41) is 29.4. The molecule has 2 aliphatic carbocycles. The second-order valence-corrected chi connectivity index (χ2v) is 3.70. The number of diazo groups is 1. The first-order chi connectivity index (χ1) is 9.13. The molecule has 0 aromatic carbocycles. The van der Waals surface area contributed by atoms with Crippen molar-refractivity contribution in [1.29, 1.82) is 10.7 Å². The Balaban J connectivity index is 2.94. The lowest BCUT2D eigenvalue weighted by atomic mass is 10.1. The topological polar surface area (TPSA) is 101 Å². The molecule has 0 aromatic heterocycles. The molecule has 92 valence electrons. The number of fused-ring (bicyclic) bond motifs is 1. The van der Waals surface area contributed by atoms with Crippen LogP contribution in [0.2, 0.25) is 0 Å². The molecule has 0 radical (unpaired) electrons. The normalized spacial score (nSPS) is 9.63. The van der Waals surface area contributed by atoms with Crippen LogP contribution >= 0.6 is 0 Å². The molecule has 0 aliphatic heterocycles. The maximum absolute atomic E-state index is 11.7. The third-order valence-corrected chi connectivity index (χ3v) is 2.73. The summed E-state index contributed by atoms with van der Waals surface area (Å²) in [7, 11) is 1.18. The van der Waals surface area contributed by atoms with E-state index in [1.54, 1.807) is 0 Å². The average molecular weight is 253 g/mol. The minimum absolute atomic E-state index is 0.0218. The Hall–Kier alpha value is -3.12. The minimum atomic E-state index is -0.738. The van der Waals surface area contributed by atoms with Gasteiger partial charge in [-0.05, 0) is 0 Å². The van der Waals surface area contributed by atoms with Crippen molar-refractivity contribution in [1.82, 2.24) is 0 Å². The molecular weight excluding hydrogens is 246 g/mol. The van der Waals surface area contributed by atoms with Crippen molar-refractivity contribution in [3.63, 3.8) is 0 Å². The number of methoxy groups -OCH3 is 1. The maximum Gasteiger partial charge on any atom is 0.418 e. The fourth-order valence-electron chi connectivity index (χ4n) is 1.90. The van der Waals surface area contributed by atoms with E-state index in [2.05, 4.69) is 9.71 Å². The van der Waals surface area contributed by atoms with Crippen molar-refractivity contribution in [2.75, 3.05) is 7.11 Å². The molecular formula is C13H7N3O3. The van der Waals surface area contributed by atoms with Crippen molar-refractivity contribution in [2.45, 2.75) is 0 Å². The Morgan fingerprint density at radius 2 is 1.95 bits per heavy atom. The van der Waals surface area contributed by atoms with Gasteiger partial charge in [0, 0.05) is 11.1 Å². The Morgan fingerprint density at radius 3 is 2.47 bits per heavy atom. The summed E-state index contributed by atoms with van der Waals surface area (Å²) < 4.78 is 4.61. The van der Waals surface area contributed by atoms with Crippen LogP contribution in [-0.4, -0.2) is 13.1 Å². The zero-order valence-corrected chi connectivity index (χ0v) is 9.88. The molecule has 0 N–H and O–H groups in total. The lowest BCUT2D eigenvalue weighted by Gasteiger charge is -1.97. The van der Waals surface area contributed by atoms with Crippen molar-refractivity contribution >= 4 is 11.7 Å². The molecule has 0 atom stereocenters. The fourth-order valence-corrected chi connectivity index (χ4v) is 1.90. The summed E-state index contributed by atoms with van der Waals surface area (Å²) >= 11 is 0. The fraction of sp³-hybridized carbons (Fsp3) is 0.0769. The molecule has 6 heteroatoms. The van der Waals surface area contributed by atoms with Gasteiger partial charge in [0.05, 0.1) is 7.11 Å². The predicted octanol–water partition coefficient (Wildman–Crippen LogP) is 2.01. The van der Waals surface area contributed by atoms with Gasteiger partial charge in [0.2, 0.25) is 5.39 Å². The van der Waals surface area contributed by atoms with Gasteiger partial charge < -0.3 is 9.84 Å². The van der Waals surface area contributed by atoms with Crippen LogP contribution in [0.15, 0.2) is 24.3 Å². The van der Waals surface area contributed by atoms with Gasteiger partial charge in [-0.15, -0.1) is 5.75 Å². The monoisotopic (exact) mass is 253 g/mol. The van der Waals surface area contributed by atoms with Crippen LogP contribution in [0, 0.1) is 16.7 Å². The maximum atomic E-state index is 11.7. The van der Waals surface area contributed by atoms with Gasteiger partial charge in [0.15, 0.2) is 16.1 Å². The molecule has 2 rings (SSSR count). The molecule has 0 heterocycles. The highest BCUT2D eigenvalue weighted by atomic mass is 16.5. The van der Waals surface area contributed by atoms with E-state index in [0.29, 0.717) is 11.1 Å². The van der Waals surface area contributed by atoms with Crippen molar-refractivity contribution in [3.05, 3.63) is 40.4 Å². The van der Waals surface area contributed by atoms with Crippen molar-refractivity contribution in [3.8, 4) is 22.9 Å². The number of hydrogen-bond donors (Lipinski definition) is 0. The molecule has 0 bridgehead atoms. The van der Waals surface area contributed by atoms with E-state index in [1.807, 2.05) is 6.07 Å². The van der Waals surface area contributed by atoms with Gasteiger partial charge in [0.1, 0.15) is 6.07 Å². The Morgan fingerprint density at radius 1 is 1.32 bits per heavy atom. The SMILES string of the molecule is COC(=O)c1c2ccc([O-])ccc-2c(C#N)c1[N+]#N. The number of nitrogens with zero attached hydrogens (tertiary/aromatic N) is 3. The van der Waals surface area contributed by atoms with E-state index in [4.69, 9.17) is 10.7 Å². The number of esters is 1.